The van der Waals surface area contributed by atoms with Crippen molar-refractivity contribution in [3.8, 4) is 17.0 Å². The van der Waals surface area contributed by atoms with E-state index in [9.17, 15) is 4.79 Å². The van der Waals surface area contributed by atoms with Gasteiger partial charge in [-0.05, 0) is 43.3 Å². The van der Waals surface area contributed by atoms with E-state index >= 15 is 0 Å². The fourth-order valence-corrected chi connectivity index (χ4v) is 4.19. The van der Waals surface area contributed by atoms with Gasteiger partial charge in [0.25, 0.3) is 5.91 Å². The number of hydrogen-bond donors (Lipinski definition) is 1. The van der Waals surface area contributed by atoms with Gasteiger partial charge in [-0.15, -0.1) is 0 Å². The highest BCUT2D eigenvalue weighted by Gasteiger charge is 2.19. The average molecular weight is 432 g/mol. The molecule has 0 aliphatic rings. The number of nitrogens with zero attached hydrogens (tertiary/aromatic N) is 2. The summed E-state index contributed by atoms with van der Waals surface area (Å²) in [4.78, 5) is 18.7. The van der Waals surface area contributed by atoms with Gasteiger partial charge in [-0.2, -0.15) is 0 Å². The maximum atomic E-state index is 12.7. The van der Waals surface area contributed by atoms with Gasteiger partial charge in [-0.25, -0.2) is 4.98 Å². The molecule has 0 saturated carbocycles. The summed E-state index contributed by atoms with van der Waals surface area (Å²) in [5, 5.41) is 3.53. The molecular weight excluding hydrogens is 417 g/mol. The van der Waals surface area contributed by atoms with Crippen molar-refractivity contribution in [2.45, 2.75) is 6.92 Å². The van der Waals surface area contributed by atoms with Gasteiger partial charge in [0.1, 0.15) is 10.6 Å². The maximum Gasteiger partial charge on any atom is 0.267 e. The molecule has 0 radical (unpaired) electrons. The molecule has 0 fully saturated rings. The van der Waals surface area contributed by atoms with Crippen molar-refractivity contribution in [1.29, 1.82) is 0 Å². The lowest BCUT2D eigenvalue weighted by Gasteiger charge is -2.07. The number of thiazole rings is 1. The quantitative estimate of drug-likeness (QED) is 0.434. The SMILES string of the molecule is COc1ccc(-c2cn3c(C)c(C(=O)Nc4cccc(Cl)c4Cl)sc3n2)cc1. The van der Waals surface area contributed by atoms with Gasteiger partial charge in [0.15, 0.2) is 4.96 Å². The number of hydrogen-bond acceptors (Lipinski definition) is 4. The molecule has 142 valence electrons. The van der Waals surface area contributed by atoms with Gasteiger partial charge in [-0.3, -0.25) is 9.20 Å². The van der Waals surface area contributed by atoms with Crippen LogP contribution in [-0.4, -0.2) is 22.4 Å². The van der Waals surface area contributed by atoms with Crippen LogP contribution in [0.3, 0.4) is 0 Å². The number of halogens is 2. The zero-order valence-electron chi connectivity index (χ0n) is 15.0. The smallest absolute Gasteiger partial charge is 0.267 e. The first-order valence-corrected chi connectivity index (χ1v) is 9.93. The van der Waals surface area contributed by atoms with Gasteiger partial charge in [0, 0.05) is 17.5 Å². The van der Waals surface area contributed by atoms with Crippen LogP contribution in [-0.2, 0) is 0 Å². The van der Waals surface area contributed by atoms with Crippen LogP contribution in [0.4, 0.5) is 5.69 Å². The van der Waals surface area contributed by atoms with Crippen LogP contribution in [0.5, 0.6) is 5.75 Å². The van der Waals surface area contributed by atoms with Crippen LogP contribution in [0.25, 0.3) is 16.2 Å². The molecule has 8 heteroatoms. The maximum absolute atomic E-state index is 12.7. The number of methoxy groups -OCH3 is 1. The number of rotatable bonds is 4. The summed E-state index contributed by atoms with van der Waals surface area (Å²) < 4.78 is 7.10. The van der Waals surface area contributed by atoms with E-state index in [0.29, 0.717) is 20.6 Å². The molecule has 2 aromatic heterocycles. The number of carbonyl (C=O) groups is 1. The molecule has 0 bridgehead atoms. The second-order valence-electron chi connectivity index (χ2n) is 6.08. The monoisotopic (exact) mass is 431 g/mol. The number of imidazole rings is 1. The molecule has 2 aromatic carbocycles. The predicted octanol–water partition coefficient (Wildman–Crippen LogP) is 5.94. The second kappa shape index (κ2) is 7.47. The predicted molar refractivity (Wildman–Crippen MR) is 114 cm³/mol. The third-order valence-corrected chi connectivity index (χ3v) is 6.32. The van der Waals surface area contributed by atoms with Crippen LogP contribution >= 0.6 is 34.5 Å². The molecule has 0 saturated heterocycles. The molecule has 0 spiro atoms. The standard InChI is InChI=1S/C20H15Cl2N3O2S/c1-11-18(19(26)23-15-5-3-4-14(21)17(15)22)28-20-24-16(10-25(11)20)12-6-8-13(27-2)9-7-12/h3-10H,1-2H3,(H,23,26). The lowest BCUT2D eigenvalue weighted by molar-refractivity contribution is 0.102. The minimum Gasteiger partial charge on any atom is -0.497 e. The number of amides is 1. The van der Waals surface area contributed by atoms with E-state index in [2.05, 4.69) is 10.3 Å². The Morgan fingerprint density at radius 2 is 1.93 bits per heavy atom. The minimum absolute atomic E-state index is 0.247. The molecule has 4 aromatic rings. The fraction of sp³-hybridized carbons (Fsp3) is 0.100. The lowest BCUT2D eigenvalue weighted by atomic mass is 10.2. The average Bonchev–Trinajstić information content (AvgIpc) is 3.25. The third kappa shape index (κ3) is 3.35. The van der Waals surface area contributed by atoms with Crippen molar-refractivity contribution in [3.63, 3.8) is 0 Å². The number of carbonyl (C=O) groups excluding carboxylic acids is 1. The Hall–Kier alpha value is -2.54. The van der Waals surface area contributed by atoms with Gasteiger partial charge < -0.3 is 10.1 Å². The molecular formula is C20H15Cl2N3O2S. The Kier molecular flexibility index (Phi) is 5.02. The zero-order valence-corrected chi connectivity index (χ0v) is 17.3. The zero-order chi connectivity index (χ0) is 19.8. The molecule has 0 aliphatic carbocycles. The fourth-order valence-electron chi connectivity index (χ4n) is 2.84. The Labute approximate surface area is 175 Å². The van der Waals surface area contributed by atoms with Crippen molar-refractivity contribution < 1.29 is 9.53 Å². The van der Waals surface area contributed by atoms with E-state index in [0.717, 1.165) is 27.7 Å². The molecule has 1 N–H and O–H groups in total. The van der Waals surface area contributed by atoms with Gasteiger partial charge in [0.2, 0.25) is 0 Å². The topological polar surface area (TPSA) is 55.6 Å². The number of anilines is 1. The van der Waals surface area contributed by atoms with Crippen LogP contribution in [0, 0.1) is 6.92 Å². The van der Waals surface area contributed by atoms with E-state index in [1.54, 1.807) is 25.3 Å². The molecule has 0 unspecified atom stereocenters. The molecule has 2 heterocycles. The van der Waals surface area contributed by atoms with Crippen LogP contribution in [0.15, 0.2) is 48.7 Å². The highest BCUT2D eigenvalue weighted by atomic mass is 35.5. The first kappa shape index (κ1) is 18.8. The van der Waals surface area contributed by atoms with Crippen molar-refractivity contribution in [3.05, 3.63) is 69.3 Å². The molecule has 1 amide bonds. The van der Waals surface area contributed by atoms with E-state index in [4.69, 9.17) is 27.9 Å². The highest BCUT2D eigenvalue weighted by Crippen LogP contribution is 2.32. The van der Waals surface area contributed by atoms with E-state index < -0.39 is 0 Å². The number of benzene rings is 2. The van der Waals surface area contributed by atoms with Gasteiger partial charge in [-0.1, -0.05) is 40.6 Å². The van der Waals surface area contributed by atoms with Gasteiger partial charge >= 0.3 is 0 Å². The lowest BCUT2D eigenvalue weighted by Crippen LogP contribution is -2.12. The minimum atomic E-state index is -0.247. The van der Waals surface area contributed by atoms with Gasteiger partial charge in [0.05, 0.1) is 28.5 Å². The Morgan fingerprint density at radius 3 is 2.61 bits per heavy atom. The number of aromatic nitrogens is 2. The Morgan fingerprint density at radius 1 is 1.18 bits per heavy atom. The Bertz CT molecular complexity index is 1180. The van der Waals surface area contributed by atoms with Crippen molar-refractivity contribution in [2.75, 3.05) is 12.4 Å². The number of nitrogens with one attached hydrogen (secondary N) is 1. The summed E-state index contributed by atoms with van der Waals surface area (Å²) >= 11 is 13.5. The number of fused-ring (bicyclic) bond motifs is 1. The molecule has 5 nitrogen and oxygen atoms in total. The van der Waals surface area contributed by atoms with E-state index in [1.807, 2.05) is 41.8 Å². The van der Waals surface area contributed by atoms with Crippen LogP contribution in [0.1, 0.15) is 15.4 Å². The normalized spacial score (nSPS) is 11.0. The number of aryl methyl sites for hydroxylation is 1. The molecule has 4 rings (SSSR count). The largest absolute Gasteiger partial charge is 0.497 e. The van der Waals surface area contributed by atoms with Crippen molar-refractivity contribution >= 4 is 51.1 Å². The summed E-state index contributed by atoms with van der Waals surface area (Å²) in [6, 6.07) is 12.8. The van der Waals surface area contributed by atoms with Crippen molar-refractivity contribution in [2.24, 2.45) is 0 Å². The summed E-state index contributed by atoms with van der Waals surface area (Å²) in [6.07, 6.45) is 1.92. The molecule has 28 heavy (non-hydrogen) atoms. The second-order valence-corrected chi connectivity index (χ2v) is 7.84. The van der Waals surface area contributed by atoms with Crippen LogP contribution < -0.4 is 10.1 Å². The summed E-state index contributed by atoms with van der Waals surface area (Å²) in [5.41, 5.74) is 3.10. The first-order chi connectivity index (χ1) is 13.5. The third-order valence-electron chi connectivity index (χ3n) is 4.35. The van der Waals surface area contributed by atoms with E-state index in [-0.39, 0.29) is 5.91 Å². The summed E-state index contributed by atoms with van der Waals surface area (Å²) in [7, 11) is 1.63. The Balaban J connectivity index is 1.64. The highest BCUT2D eigenvalue weighted by molar-refractivity contribution is 7.19. The summed E-state index contributed by atoms with van der Waals surface area (Å²) in [6.45, 7) is 1.89. The van der Waals surface area contributed by atoms with E-state index in [1.165, 1.54) is 11.3 Å². The van der Waals surface area contributed by atoms with Crippen molar-refractivity contribution in [1.82, 2.24) is 9.38 Å². The molecule has 0 atom stereocenters. The summed E-state index contributed by atoms with van der Waals surface area (Å²) in [5.74, 6) is 0.544. The number of ether oxygens (including phenoxy) is 1. The molecule has 0 aliphatic heterocycles. The van der Waals surface area contributed by atoms with Crippen LogP contribution in [0.2, 0.25) is 10.0 Å². The first-order valence-electron chi connectivity index (χ1n) is 8.36.